The molecule has 128 valence electrons. The Kier molecular flexibility index (Phi) is 6.69. The fourth-order valence-electron chi connectivity index (χ4n) is 2.12. The van der Waals surface area contributed by atoms with Crippen LogP contribution in [0.5, 0.6) is 0 Å². The normalized spacial score (nSPS) is 14.2. The van der Waals surface area contributed by atoms with Crippen molar-refractivity contribution in [1.29, 1.82) is 0 Å². The molecule has 0 radical (unpaired) electrons. The van der Waals surface area contributed by atoms with Gasteiger partial charge < -0.3 is 10.1 Å². The summed E-state index contributed by atoms with van der Waals surface area (Å²) in [5, 5.41) is 6.02. The second kappa shape index (κ2) is 8.06. The lowest BCUT2D eigenvalue weighted by Gasteiger charge is -2.29. The van der Waals surface area contributed by atoms with E-state index in [0.717, 1.165) is 0 Å². The van der Waals surface area contributed by atoms with Gasteiger partial charge in [-0.2, -0.15) is 0 Å². The molecular weight excluding hydrogens is 294 g/mol. The molecule has 6 heteroatoms. The minimum Gasteiger partial charge on any atom is -0.468 e. The van der Waals surface area contributed by atoms with Gasteiger partial charge in [-0.05, 0) is 38.8 Å². The number of amides is 1. The zero-order valence-corrected chi connectivity index (χ0v) is 14.7. The highest BCUT2D eigenvalue weighted by Gasteiger charge is 2.32. The van der Waals surface area contributed by atoms with Gasteiger partial charge in [0.15, 0.2) is 0 Å². The van der Waals surface area contributed by atoms with E-state index in [2.05, 4.69) is 15.6 Å². The van der Waals surface area contributed by atoms with E-state index in [4.69, 9.17) is 4.74 Å². The zero-order valence-electron chi connectivity index (χ0n) is 14.7. The van der Waals surface area contributed by atoms with Crippen molar-refractivity contribution in [3.05, 3.63) is 30.1 Å². The lowest BCUT2D eigenvalue weighted by atomic mass is 10.0. The summed E-state index contributed by atoms with van der Waals surface area (Å²) in [6, 6.07) is 4.01. The van der Waals surface area contributed by atoms with Crippen LogP contribution >= 0.6 is 0 Å². The van der Waals surface area contributed by atoms with Crippen LogP contribution in [-0.4, -0.2) is 35.6 Å². The molecule has 0 saturated carbocycles. The standard InChI is InChI=1S/C17H27N3O3/c1-11(2)13(16(22)23-6)19-14(12-9-7-8-10-18-12)15(21)20-17(3,4)5/h7-11,13-14,19H,1-6H3,(H,20,21). The summed E-state index contributed by atoms with van der Waals surface area (Å²) in [4.78, 5) is 28.9. The van der Waals surface area contributed by atoms with Gasteiger partial charge in [-0.15, -0.1) is 0 Å². The van der Waals surface area contributed by atoms with Crippen molar-refractivity contribution in [3.8, 4) is 0 Å². The molecular formula is C17H27N3O3. The smallest absolute Gasteiger partial charge is 0.323 e. The van der Waals surface area contributed by atoms with Crippen molar-refractivity contribution in [3.63, 3.8) is 0 Å². The van der Waals surface area contributed by atoms with Crippen LogP contribution in [0.4, 0.5) is 0 Å². The lowest BCUT2D eigenvalue weighted by molar-refractivity contribution is -0.144. The van der Waals surface area contributed by atoms with Crippen LogP contribution in [0.1, 0.15) is 46.4 Å². The lowest BCUT2D eigenvalue weighted by Crippen LogP contribution is -2.51. The highest BCUT2D eigenvalue weighted by molar-refractivity contribution is 5.84. The molecule has 0 aliphatic carbocycles. The first-order valence-electron chi connectivity index (χ1n) is 7.72. The third-order valence-electron chi connectivity index (χ3n) is 3.21. The minimum absolute atomic E-state index is 0.0314. The summed E-state index contributed by atoms with van der Waals surface area (Å²) >= 11 is 0. The van der Waals surface area contributed by atoms with Gasteiger partial charge in [0, 0.05) is 11.7 Å². The van der Waals surface area contributed by atoms with Crippen molar-refractivity contribution < 1.29 is 14.3 Å². The van der Waals surface area contributed by atoms with Crippen LogP contribution in [0.3, 0.4) is 0 Å². The number of hydrogen-bond acceptors (Lipinski definition) is 5. The Balaban J connectivity index is 3.09. The molecule has 1 heterocycles. The summed E-state index contributed by atoms with van der Waals surface area (Å²) in [6.45, 7) is 9.50. The molecule has 1 aromatic rings. The number of nitrogens with one attached hydrogen (secondary N) is 2. The fraction of sp³-hybridized carbons (Fsp3) is 0.588. The van der Waals surface area contributed by atoms with E-state index < -0.39 is 18.1 Å². The fourth-order valence-corrected chi connectivity index (χ4v) is 2.12. The Bertz CT molecular complexity index is 524. The third kappa shape index (κ3) is 5.98. The van der Waals surface area contributed by atoms with Crippen molar-refractivity contribution in [2.45, 2.75) is 52.2 Å². The first-order valence-corrected chi connectivity index (χ1v) is 7.72. The average Bonchev–Trinajstić information content (AvgIpc) is 2.46. The minimum atomic E-state index is -0.734. The van der Waals surface area contributed by atoms with Crippen LogP contribution in [0.2, 0.25) is 0 Å². The maximum Gasteiger partial charge on any atom is 0.323 e. The van der Waals surface area contributed by atoms with Crippen molar-refractivity contribution in [2.75, 3.05) is 7.11 Å². The molecule has 6 nitrogen and oxygen atoms in total. The molecule has 2 atom stereocenters. The van der Waals surface area contributed by atoms with Gasteiger partial charge in [0.25, 0.3) is 0 Å². The van der Waals surface area contributed by atoms with Gasteiger partial charge in [-0.25, -0.2) is 0 Å². The summed E-state index contributed by atoms with van der Waals surface area (Å²) < 4.78 is 4.84. The number of aromatic nitrogens is 1. The van der Waals surface area contributed by atoms with Crippen LogP contribution in [0.25, 0.3) is 0 Å². The maximum absolute atomic E-state index is 12.7. The largest absolute Gasteiger partial charge is 0.468 e. The second-order valence-electron chi connectivity index (χ2n) is 6.84. The first kappa shape index (κ1) is 19.1. The molecule has 0 saturated heterocycles. The number of hydrogen-bond donors (Lipinski definition) is 2. The van der Waals surface area contributed by atoms with E-state index in [9.17, 15) is 9.59 Å². The van der Waals surface area contributed by atoms with E-state index >= 15 is 0 Å². The van der Waals surface area contributed by atoms with Crippen LogP contribution in [0.15, 0.2) is 24.4 Å². The molecule has 1 rings (SSSR count). The molecule has 1 amide bonds. The number of carbonyl (C=O) groups is 2. The van der Waals surface area contributed by atoms with E-state index in [-0.39, 0.29) is 17.4 Å². The van der Waals surface area contributed by atoms with Gasteiger partial charge in [0.05, 0.1) is 12.8 Å². The molecule has 2 unspecified atom stereocenters. The van der Waals surface area contributed by atoms with Crippen LogP contribution in [0, 0.1) is 5.92 Å². The van der Waals surface area contributed by atoms with Crippen molar-refractivity contribution >= 4 is 11.9 Å². The van der Waals surface area contributed by atoms with Crippen LogP contribution < -0.4 is 10.6 Å². The number of nitrogens with zero attached hydrogens (tertiary/aromatic N) is 1. The molecule has 0 spiro atoms. The summed E-state index contributed by atoms with van der Waals surface area (Å²) in [5.74, 6) is -0.661. The average molecular weight is 321 g/mol. The summed E-state index contributed by atoms with van der Waals surface area (Å²) in [7, 11) is 1.34. The monoisotopic (exact) mass is 321 g/mol. The van der Waals surface area contributed by atoms with Gasteiger partial charge >= 0.3 is 5.97 Å². The Morgan fingerprint density at radius 1 is 1.22 bits per heavy atom. The first-order chi connectivity index (χ1) is 10.7. The number of methoxy groups -OCH3 is 1. The number of esters is 1. The highest BCUT2D eigenvalue weighted by atomic mass is 16.5. The summed E-state index contributed by atoms with van der Waals surface area (Å²) in [6.07, 6.45) is 1.62. The number of rotatable bonds is 6. The topological polar surface area (TPSA) is 80.3 Å². The van der Waals surface area contributed by atoms with E-state index in [1.54, 1.807) is 18.3 Å². The van der Waals surface area contributed by atoms with E-state index in [0.29, 0.717) is 5.69 Å². The number of ether oxygens (including phenoxy) is 1. The molecule has 0 aliphatic rings. The predicted molar refractivity (Wildman–Crippen MR) is 88.7 cm³/mol. The van der Waals surface area contributed by atoms with Crippen LogP contribution in [-0.2, 0) is 14.3 Å². The Morgan fingerprint density at radius 3 is 2.30 bits per heavy atom. The van der Waals surface area contributed by atoms with E-state index in [1.807, 2.05) is 40.7 Å². The third-order valence-corrected chi connectivity index (χ3v) is 3.21. The quantitative estimate of drug-likeness (QED) is 0.781. The maximum atomic E-state index is 12.7. The predicted octanol–water partition coefficient (Wildman–Crippen LogP) is 1.82. The number of pyridine rings is 1. The molecule has 0 bridgehead atoms. The molecule has 0 aromatic carbocycles. The Labute approximate surface area is 138 Å². The van der Waals surface area contributed by atoms with Gasteiger partial charge in [-0.3, -0.25) is 19.9 Å². The number of carbonyl (C=O) groups excluding carboxylic acids is 2. The summed E-state index contributed by atoms with van der Waals surface area (Å²) in [5.41, 5.74) is 0.175. The SMILES string of the molecule is COC(=O)C(NC(C(=O)NC(C)(C)C)c1ccccn1)C(C)C. The molecule has 23 heavy (non-hydrogen) atoms. The second-order valence-corrected chi connectivity index (χ2v) is 6.84. The van der Waals surface area contributed by atoms with Crippen molar-refractivity contribution in [1.82, 2.24) is 15.6 Å². The van der Waals surface area contributed by atoms with Gasteiger partial charge in [-0.1, -0.05) is 19.9 Å². The van der Waals surface area contributed by atoms with E-state index in [1.165, 1.54) is 7.11 Å². The molecule has 1 aromatic heterocycles. The Hall–Kier alpha value is -1.95. The molecule has 2 N–H and O–H groups in total. The highest BCUT2D eigenvalue weighted by Crippen LogP contribution is 2.16. The molecule has 0 fully saturated rings. The van der Waals surface area contributed by atoms with Gasteiger partial charge in [0.2, 0.25) is 5.91 Å². The van der Waals surface area contributed by atoms with Gasteiger partial charge in [0.1, 0.15) is 12.1 Å². The van der Waals surface area contributed by atoms with Crippen molar-refractivity contribution in [2.24, 2.45) is 5.92 Å². The zero-order chi connectivity index (χ0) is 17.6. The Morgan fingerprint density at radius 2 is 1.87 bits per heavy atom. The molecule has 0 aliphatic heterocycles.